The van der Waals surface area contributed by atoms with Gasteiger partial charge >= 0.3 is 0 Å². The summed E-state index contributed by atoms with van der Waals surface area (Å²) in [5.41, 5.74) is 0.662. The summed E-state index contributed by atoms with van der Waals surface area (Å²) in [6.07, 6.45) is 64.4. The lowest BCUT2D eigenvalue weighted by molar-refractivity contribution is 0.139. The van der Waals surface area contributed by atoms with E-state index in [0.717, 1.165) is 50.4 Å². The molecule has 0 aromatic carbocycles. The van der Waals surface area contributed by atoms with Gasteiger partial charge in [-0.25, -0.2) is 0 Å². The maximum atomic E-state index is 2.66. The van der Waals surface area contributed by atoms with Crippen LogP contribution in [0.1, 0.15) is 201 Å². The summed E-state index contributed by atoms with van der Waals surface area (Å²) in [4.78, 5) is 0. The van der Waals surface area contributed by atoms with Crippen LogP contribution in [0.15, 0.2) is 72.9 Å². The summed E-state index contributed by atoms with van der Waals surface area (Å²) >= 11 is 0. The third-order valence-corrected chi connectivity index (χ3v) is 10.8. The molecule has 0 heteroatoms. The molecule has 1 fully saturated rings. The van der Waals surface area contributed by atoms with Crippen LogP contribution in [0.3, 0.4) is 0 Å². The van der Waals surface area contributed by atoms with Crippen molar-refractivity contribution in [2.24, 2.45) is 17.3 Å². The molecule has 0 radical (unpaired) electrons. The molecule has 0 spiro atoms. The zero-order valence-electron chi connectivity index (χ0n) is 31.7. The third kappa shape index (κ3) is 22.9. The molecule has 0 amide bonds. The predicted octanol–water partition coefficient (Wildman–Crippen LogP) is 16.2. The molecule has 0 N–H and O–H groups in total. The highest BCUT2D eigenvalue weighted by Crippen LogP contribution is 2.54. The second-order valence-electron chi connectivity index (χ2n) is 14.5. The van der Waals surface area contributed by atoms with Crippen LogP contribution in [0.4, 0.5) is 0 Å². The van der Waals surface area contributed by atoms with Crippen LogP contribution < -0.4 is 0 Å². The van der Waals surface area contributed by atoms with Gasteiger partial charge in [0.15, 0.2) is 0 Å². The van der Waals surface area contributed by atoms with Gasteiger partial charge in [0.2, 0.25) is 0 Å². The van der Waals surface area contributed by atoms with E-state index in [-0.39, 0.29) is 0 Å². The smallest absolute Gasteiger partial charge is 0.0169 e. The Balaban J connectivity index is 2.21. The van der Waals surface area contributed by atoms with Crippen molar-refractivity contribution in [2.45, 2.75) is 201 Å². The van der Waals surface area contributed by atoms with Gasteiger partial charge in [-0.05, 0) is 107 Å². The van der Waals surface area contributed by atoms with Crippen LogP contribution >= 0.6 is 0 Å². The summed E-state index contributed by atoms with van der Waals surface area (Å²) in [6.45, 7) is 9.42. The summed E-state index contributed by atoms with van der Waals surface area (Å²) < 4.78 is 0. The molecule has 0 heterocycles. The monoisotopic (exact) mass is 633 g/mol. The normalized spacial score (nSPS) is 18.8. The van der Waals surface area contributed by atoms with E-state index in [9.17, 15) is 0 Å². The van der Waals surface area contributed by atoms with E-state index in [1.165, 1.54) is 135 Å². The number of unbranched alkanes of at least 4 members (excludes halogenated alkanes) is 13. The van der Waals surface area contributed by atoms with Gasteiger partial charge in [0.25, 0.3) is 0 Å². The molecule has 1 aliphatic carbocycles. The maximum Gasteiger partial charge on any atom is -0.0169 e. The Kier molecular flexibility index (Phi) is 29.5. The average Bonchev–Trinajstić information content (AvgIpc) is 3.37. The quantitative estimate of drug-likeness (QED) is 0.0527. The SMILES string of the molecule is CC/C=C\C/C=C\C/C=C\CCCCCCCCC1(CCCCCCCC/C=C\C/C=C\C/C=C\CC)CCC(CCCC)C1C. The molecule has 46 heavy (non-hydrogen) atoms. The Morgan fingerprint density at radius 1 is 0.457 bits per heavy atom. The van der Waals surface area contributed by atoms with Crippen molar-refractivity contribution >= 4 is 0 Å². The van der Waals surface area contributed by atoms with Gasteiger partial charge in [0.1, 0.15) is 0 Å². The summed E-state index contributed by atoms with van der Waals surface area (Å²) in [5, 5.41) is 0. The Morgan fingerprint density at radius 3 is 1.28 bits per heavy atom. The number of hydrogen-bond acceptors (Lipinski definition) is 0. The first kappa shape index (κ1) is 42.5. The van der Waals surface area contributed by atoms with E-state index < -0.39 is 0 Å². The van der Waals surface area contributed by atoms with Crippen LogP contribution in [-0.4, -0.2) is 0 Å². The molecule has 2 atom stereocenters. The Labute approximate surface area is 290 Å². The first-order chi connectivity index (χ1) is 22.7. The Morgan fingerprint density at radius 2 is 0.848 bits per heavy atom. The minimum absolute atomic E-state index is 0.662. The first-order valence-electron chi connectivity index (χ1n) is 20.6. The summed E-state index contributed by atoms with van der Waals surface area (Å²) in [6, 6.07) is 0. The first-order valence-corrected chi connectivity index (χ1v) is 20.6. The van der Waals surface area contributed by atoms with Crippen molar-refractivity contribution in [2.75, 3.05) is 0 Å². The molecule has 0 nitrogen and oxygen atoms in total. The second-order valence-corrected chi connectivity index (χ2v) is 14.5. The lowest BCUT2D eigenvalue weighted by Crippen LogP contribution is -2.26. The molecule has 0 saturated heterocycles. The Bertz CT molecular complexity index is 763. The van der Waals surface area contributed by atoms with Gasteiger partial charge in [-0.15, -0.1) is 0 Å². The number of allylic oxidation sites excluding steroid dienone is 12. The predicted molar refractivity (Wildman–Crippen MR) is 212 cm³/mol. The van der Waals surface area contributed by atoms with E-state index in [1.807, 2.05) is 0 Å². The molecule has 1 aliphatic rings. The molecule has 0 aliphatic heterocycles. The van der Waals surface area contributed by atoms with E-state index in [1.54, 1.807) is 0 Å². The molecule has 0 aromatic rings. The third-order valence-electron chi connectivity index (χ3n) is 10.8. The molecule has 0 aromatic heterocycles. The van der Waals surface area contributed by atoms with Gasteiger partial charge in [-0.3, -0.25) is 0 Å². The highest BCUT2D eigenvalue weighted by Gasteiger charge is 2.44. The van der Waals surface area contributed by atoms with Crippen LogP contribution in [0.25, 0.3) is 0 Å². The van der Waals surface area contributed by atoms with Crippen LogP contribution in [-0.2, 0) is 0 Å². The van der Waals surface area contributed by atoms with Gasteiger partial charge in [0, 0.05) is 0 Å². The summed E-state index contributed by atoms with van der Waals surface area (Å²) in [5.74, 6) is 1.95. The molecular formula is C46H80. The fraction of sp³-hybridized carbons (Fsp3) is 0.739. The van der Waals surface area contributed by atoms with E-state index in [2.05, 4.69) is 101 Å². The topological polar surface area (TPSA) is 0 Å². The van der Waals surface area contributed by atoms with Gasteiger partial charge in [-0.1, -0.05) is 184 Å². The van der Waals surface area contributed by atoms with Crippen molar-refractivity contribution in [1.29, 1.82) is 0 Å². The highest BCUT2D eigenvalue weighted by molar-refractivity contribution is 4.98. The lowest BCUT2D eigenvalue weighted by atomic mass is 9.69. The van der Waals surface area contributed by atoms with Crippen molar-refractivity contribution in [3.05, 3.63) is 72.9 Å². The van der Waals surface area contributed by atoms with Crippen LogP contribution in [0.2, 0.25) is 0 Å². The molecule has 1 rings (SSSR count). The van der Waals surface area contributed by atoms with Crippen molar-refractivity contribution < 1.29 is 0 Å². The molecule has 0 bridgehead atoms. The minimum atomic E-state index is 0.662. The van der Waals surface area contributed by atoms with Crippen LogP contribution in [0.5, 0.6) is 0 Å². The molecule has 264 valence electrons. The van der Waals surface area contributed by atoms with E-state index in [0.29, 0.717) is 5.41 Å². The molecule has 1 saturated carbocycles. The zero-order valence-corrected chi connectivity index (χ0v) is 31.7. The fourth-order valence-electron chi connectivity index (χ4n) is 7.69. The minimum Gasteiger partial charge on any atom is -0.0885 e. The molecule has 2 unspecified atom stereocenters. The fourth-order valence-corrected chi connectivity index (χ4v) is 7.69. The van der Waals surface area contributed by atoms with Gasteiger partial charge < -0.3 is 0 Å². The summed E-state index contributed by atoms with van der Waals surface area (Å²) in [7, 11) is 0. The van der Waals surface area contributed by atoms with Crippen molar-refractivity contribution in [1.82, 2.24) is 0 Å². The lowest BCUT2D eigenvalue weighted by Gasteiger charge is -2.36. The maximum absolute atomic E-state index is 2.66. The second kappa shape index (κ2) is 32.0. The standard InChI is InChI=1S/C46H80/c1-5-8-11-13-15-17-19-21-23-25-27-29-31-33-35-37-41-46(43-40-45(44(46)4)39-10-7-3)42-38-36-34-32-30-28-26-24-22-20-18-16-14-12-9-6-2/h8-9,11-12,15-18,21-24,44-45H,5-7,10,13-14,19-20,25-43H2,1-4H3/b11-8-,12-9-,17-15-,18-16-,23-21-,24-22-. The number of rotatable bonds is 31. The van der Waals surface area contributed by atoms with Crippen molar-refractivity contribution in [3.8, 4) is 0 Å². The van der Waals surface area contributed by atoms with Gasteiger partial charge in [-0.2, -0.15) is 0 Å². The van der Waals surface area contributed by atoms with Gasteiger partial charge in [0.05, 0.1) is 0 Å². The average molecular weight is 633 g/mol. The van der Waals surface area contributed by atoms with E-state index >= 15 is 0 Å². The highest BCUT2D eigenvalue weighted by atomic mass is 14.5. The molecular weight excluding hydrogens is 553 g/mol. The largest absolute Gasteiger partial charge is 0.0885 e. The number of hydrogen-bond donors (Lipinski definition) is 0. The Hall–Kier alpha value is -1.56. The van der Waals surface area contributed by atoms with Crippen LogP contribution in [0, 0.1) is 17.3 Å². The van der Waals surface area contributed by atoms with E-state index in [4.69, 9.17) is 0 Å². The zero-order chi connectivity index (χ0) is 33.2. The van der Waals surface area contributed by atoms with Crippen molar-refractivity contribution in [3.63, 3.8) is 0 Å².